The van der Waals surface area contributed by atoms with Gasteiger partial charge in [0.25, 0.3) is 0 Å². The second-order valence-electron chi connectivity index (χ2n) is 12.5. The number of nitrogen functional groups attached to an aromatic ring is 1. The first-order chi connectivity index (χ1) is 26.1. The highest BCUT2D eigenvalue weighted by Crippen LogP contribution is 2.37. The van der Waals surface area contributed by atoms with E-state index in [2.05, 4.69) is 130 Å². The second kappa shape index (κ2) is 15.4. The van der Waals surface area contributed by atoms with Crippen LogP contribution in [-0.4, -0.2) is 0 Å². The number of rotatable bonds is 4. The number of hydrogen-bond donors (Lipinski definition) is 2. The summed E-state index contributed by atoms with van der Waals surface area (Å²) in [4.78, 5) is 0. The molecule has 0 atom stereocenters. The smallest absolute Gasteiger partial charge is 0.143 e. The molecule has 256 valence electrons. The van der Waals surface area contributed by atoms with Crippen LogP contribution in [0.1, 0.15) is 0 Å². The van der Waals surface area contributed by atoms with Gasteiger partial charge in [0.2, 0.25) is 0 Å². The maximum atomic E-state index is 6.15. The van der Waals surface area contributed by atoms with E-state index < -0.39 is 0 Å². The lowest BCUT2D eigenvalue weighted by molar-refractivity contribution is 0.669. The Kier molecular flexibility index (Phi) is 9.73. The first-order valence-electron chi connectivity index (χ1n) is 17.4. The van der Waals surface area contributed by atoms with Crippen molar-refractivity contribution in [2.75, 3.05) is 11.1 Å². The molecule has 0 aliphatic carbocycles. The number of furan rings is 2. The zero-order valence-corrected chi connectivity index (χ0v) is 30.3. The zero-order valence-electron chi connectivity index (χ0n) is 28.7. The van der Waals surface area contributed by atoms with Gasteiger partial charge in [0.1, 0.15) is 22.3 Å². The van der Waals surface area contributed by atoms with Crippen molar-refractivity contribution in [3.8, 4) is 22.3 Å². The molecule has 53 heavy (non-hydrogen) atoms. The monoisotopic (exact) mass is 750 g/mol. The van der Waals surface area contributed by atoms with Crippen LogP contribution in [0.25, 0.3) is 66.1 Å². The number of benzene rings is 8. The van der Waals surface area contributed by atoms with E-state index >= 15 is 0 Å². The van der Waals surface area contributed by atoms with Crippen LogP contribution < -0.4 is 11.1 Å². The lowest BCUT2D eigenvalue weighted by Crippen LogP contribution is -1.89. The summed E-state index contributed by atoms with van der Waals surface area (Å²) in [6, 6.07) is 65.4. The van der Waals surface area contributed by atoms with Crippen LogP contribution in [0.5, 0.6) is 0 Å². The van der Waals surface area contributed by atoms with Gasteiger partial charge in [-0.05, 0) is 71.8 Å². The number of nitrogens with one attached hydrogen (secondary N) is 1. The highest BCUT2D eigenvalue weighted by molar-refractivity contribution is 9.10. The van der Waals surface area contributed by atoms with Gasteiger partial charge in [-0.1, -0.05) is 149 Å². The molecule has 4 nitrogen and oxygen atoms in total. The maximum absolute atomic E-state index is 6.15. The zero-order chi connectivity index (χ0) is 36.0. The Balaban J connectivity index is 0.000000131. The third-order valence-corrected chi connectivity index (χ3v) is 9.55. The van der Waals surface area contributed by atoms with Crippen LogP contribution >= 0.6 is 15.9 Å². The minimum absolute atomic E-state index is 0.822. The highest BCUT2D eigenvalue weighted by atomic mass is 79.9. The van der Waals surface area contributed by atoms with Crippen LogP contribution in [-0.2, 0) is 0 Å². The fourth-order valence-corrected chi connectivity index (χ4v) is 6.72. The van der Waals surface area contributed by atoms with Crippen molar-refractivity contribution >= 4 is 76.9 Å². The molecule has 2 heterocycles. The molecule has 2 aromatic heterocycles. The Morgan fingerprint density at radius 1 is 0.377 bits per heavy atom. The largest absolute Gasteiger partial charge is 0.455 e. The molecular weight excluding hydrogens is 716 g/mol. The van der Waals surface area contributed by atoms with Gasteiger partial charge in [-0.15, -0.1) is 0 Å². The van der Waals surface area contributed by atoms with Crippen LogP contribution in [0, 0.1) is 0 Å². The van der Waals surface area contributed by atoms with Crippen molar-refractivity contribution in [3.63, 3.8) is 0 Å². The molecule has 0 fully saturated rings. The average molecular weight is 752 g/mol. The highest BCUT2D eigenvalue weighted by Gasteiger charge is 2.13. The fraction of sp³-hybridized carbons (Fsp3) is 0. The van der Waals surface area contributed by atoms with Crippen molar-refractivity contribution in [1.29, 1.82) is 0 Å². The molecule has 0 saturated carbocycles. The van der Waals surface area contributed by atoms with Gasteiger partial charge in [0.15, 0.2) is 0 Å². The molecule has 10 rings (SSSR count). The van der Waals surface area contributed by atoms with Crippen LogP contribution in [0.15, 0.2) is 207 Å². The third-order valence-electron chi connectivity index (χ3n) is 9.02. The topological polar surface area (TPSA) is 64.3 Å². The van der Waals surface area contributed by atoms with Gasteiger partial charge in [0, 0.05) is 54.2 Å². The lowest BCUT2D eigenvalue weighted by atomic mass is 10.0. The van der Waals surface area contributed by atoms with Crippen molar-refractivity contribution in [1.82, 2.24) is 0 Å². The van der Waals surface area contributed by atoms with E-state index in [1.165, 1.54) is 10.8 Å². The van der Waals surface area contributed by atoms with Gasteiger partial charge in [-0.3, -0.25) is 0 Å². The van der Waals surface area contributed by atoms with Gasteiger partial charge in [0.05, 0.1) is 0 Å². The quantitative estimate of drug-likeness (QED) is 0.176. The predicted molar refractivity (Wildman–Crippen MR) is 227 cm³/mol. The molecule has 0 amide bonds. The standard InChI is InChI=1S/C24H17NO.C18H11BrO.C6H7N/c1-2-7-18(8-3-1)25-19-15-13-17(14-16-19)20-10-6-11-22-21-9-4-5-12-23(21)26-24(20)22;19-13-10-8-12(9-11-13)14-5-3-6-16-15-4-1-2-7-17(15)20-18(14)16;7-6-4-2-1-3-5-6/h1-16,25H;1-11H;1-5H,7H2. The summed E-state index contributed by atoms with van der Waals surface area (Å²) in [5.74, 6) is 0. The summed E-state index contributed by atoms with van der Waals surface area (Å²) in [5.41, 5.74) is 16.6. The van der Waals surface area contributed by atoms with E-state index in [1.54, 1.807) is 0 Å². The number of nitrogens with two attached hydrogens (primary N) is 1. The molecule has 8 aromatic carbocycles. The van der Waals surface area contributed by atoms with E-state index in [9.17, 15) is 0 Å². The van der Waals surface area contributed by atoms with Crippen LogP contribution in [0.2, 0.25) is 0 Å². The van der Waals surface area contributed by atoms with Gasteiger partial charge < -0.3 is 19.9 Å². The number of anilines is 3. The molecule has 0 aliphatic rings. The van der Waals surface area contributed by atoms with E-state index in [-0.39, 0.29) is 0 Å². The van der Waals surface area contributed by atoms with Gasteiger partial charge in [-0.2, -0.15) is 0 Å². The third kappa shape index (κ3) is 7.43. The van der Waals surface area contributed by atoms with Crippen molar-refractivity contribution in [2.24, 2.45) is 0 Å². The second-order valence-corrected chi connectivity index (χ2v) is 13.5. The Labute approximate surface area is 316 Å². The summed E-state index contributed by atoms with van der Waals surface area (Å²) in [6.45, 7) is 0. The van der Waals surface area contributed by atoms with Gasteiger partial charge >= 0.3 is 0 Å². The number of para-hydroxylation sites is 6. The summed E-state index contributed by atoms with van der Waals surface area (Å²) in [6.07, 6.45) is 0. The molecule has 3 N–H and O–H groups in total. The van der Waals surface area contributed by atoms with Gasteiger partial charge in [-0.25, -0.2) is 0 Å². The van der Waals surface area contributed by atoms with Crippen molar-refractivity contribution < 1.29 is 8.83 Å². The number of hydrogen-bond acceptors (Lipinski definition) is 4. The van der Waals surface area contributed by atoms with Crippen molar-refractivity contribution in [2.45, 2.75) is 0 Å². The molecular formula is C48H35BrN2O2. The normalized spacial score (nSPS) is 10.8. The Hall–Kier alpha value is -6.56. The SMILES string of the molecule is Brc1ccc(-c2cccc3c2oc2ccccc23)cc1.Nc1ccccc1.c1ccc(Nc2ccc(-c3cccc4c3oc3ccccc34)cc2)cc1. The molecule has 0 bridgehead atoms. The van der Waals surface area contributed by atoms with Crippen LogP contribution in [0.3, 0.4) is 0 Å². The molecule has 10 aromatic rings. The van der Waals surface area contributed by atoms with Crippen molar-refractivity contribution in [3.05, 3.63) is 199 Å². The first-order valence-corrected chi connectivity index (χ1v) is 18.2. The number of halogens is 1. The van der Waals surface area contributed by atoms with E-state index in [0.29, 0.717) is 0 Å². The summed E-state index contributed by atoms with van der Waals surface area (Å²) >= 11 is 3.47. The van der Waals surface area contributed by atoms with E-state index in [0.717, 1.165) is 76.9 Å². The fourth-order valence-electron chi connectivity index (χ4n) is 6.45. The minimum Gasteiger partial charge on any atom is -0.455 e. The molecule has 0 saturated heterocycles. The molecule has 5 heteroatoms. The van der Waals surface area contributed by atoms with Crippen LogP contribution in [0.4, 0.5) is 17.1 Å². The molecule has 0 aliphatic heterocycles. The molecule has 0 spiro atoms. The maximum Gasteiger partial charge on any atom is 0.143 e. The Bertz CT molecular complexity index is 2750. The summed E-state index contributed by atoms with van der Waals surface area (Å²) in [7, 11) is 0. The van der Waals surface area contributed by atoms with E-state index in [1.807, 2.05) is 84.9 Å². The number of fused-ring (bicyclic) bond motifs is 6. The predicted octanol–water partition coefficient (Wildman–Crippen LogP) is 14.3. The Morgan fingerprint density at radius 3 is 1.28 bits per heavy atom. The summed E-state index contributed by atoms with van der Waals surface area (Å²) in [5, 5.41) is 8.07. The summed E-state index contributed by atoms with van der Waals surface area (Å²) < 4.78 is 13.3. The first kappa shape index (κ1) is 33.6. The Morgan fingerprint density at radius 2 is 0.792 bits per heavy atom. The van der Waals surface area contributed by atoms with E-state index in [4.69, 9.17) is 14.6 Å². The minimum atomic E-state index is 0.822. The molecule has 0 radical (unpaired) electrons. The average Bonchev–Trinajstić information content (AvgIpc) is 3.79. The lowest BCUT2D eigenvalue weighted by Gasteiger charge is -2.08. The molecule has 0 unspecified atom stereocenters.